The minimum absolute atomic E-state index is 0.198. The second kappa shape index (κ2) is 8.07. The van der Waals surface area contributed by atoms with Gasteiger partial charge in [0.2, 0.25) is 0 Å². The van der Waals surface area contributed by atoms with Crippen LogP contribution in [0.3, 0.4) is 0 Å². The molecular formula is C24H20N2O3. The second-order valence-corrected chi connectivity index (χ2v) is 6.80. The molecular weight excluding hydrogens is 364 g/mol. The molecule has 0 fully saturated rings. The number of nitrogens with one attached hydrogen (secondary N) is 1. The molecule has 144 valence electrons. The standard InChI is InChI=1S/C24H20N2O3/c1-16(17-10-11-22-23(14-17)29-13-12-28-22)26-24(27)21-9-5-4-8-20(21)19-7-3-2-6-18(19)15-25/h2-11,14,16H,12-13H2,1H3,(H,26,27). The van der Waals surface area contributed by atoms with Crippen LogP contribution in [0.4, 0.5) is 0 Å². The van der Waals surface area contributed by atoms with Crippen molar-refractivity contribution in [3.63, 3.8) is 0 Å². The Bertz CT molecular complexity index is 1100. The zero-order valence-corrected chi connectivity index (χ0v) is 16.0. The number of ether oxygens (including phenoxy) is 2. The van der Waals surface area contributed by atoms with Crippen molar-refractivity contribution in [2.75, 3.05) is 13.2 Å². The molecule has 0 aromatic heterocycles. The maximum Gasteiger partial charge on any atom is 0.252 e. The van der Waals surface area contributed by atoms with Crippen LogP contribution in [0.5, 0.6) is 11.5 Å². The number of rotatable bonds is 4. The van der Waals surface area contributed by atoms with E-state index in [1.165, 1.54) is 0 Å². The first-order valence-electron chi connectivity index (χ1n) is 9.46. The second-order valence-electron chi connectivity index (χ2n) is 6.80. The van der Waals surface area contributed by atoms with Gasteiger partial charge in [-0.25, -0.2) is 0 Å². The van der Waals surface area contributed by atoms with Crippen LogP contribution in [0.25, 0.3) is 11.1 Å². The summed E-state index contributed by atoms with van der Waals surface area (Å²) < 4.78 is 11.2. The molecule has 1 heterocycles. The summed E-state index contributed by atoms with van der Waals surface area (Å²) in [6, 6.07) is 22.3. The number of fused-ring (bicyclic) bond motifs is 1. The van der Waals surface area contributed by atoms with E-state index in [0.29, 0.717) is 30.1 Å². The van der Waals surface area contributed by atoms with Crippen LogP contribution in [-0.4, -0.2) is 19.1 Å². The molecule has 0 aliphatic carbocycles. The smallest absolute Gasteiger partial charge is 0.252 e. The largest absolute Gasteiger partial charge is 0.486 e. The molecule has 29 heavy (non-hydrogen) atoms. The van der Waals surface area contributed by atoms with Gasteiger partial charge in [-0.2, -0.15) is 5.26 Å². The van der Waals surface area contributed by atoms with Gasteiger partial charge < -0.3 is 14.8 Å². The molecule has 1 amide bonds. The lowest BCUT2D eigenvalue weighted by molar-refractivity contribution is 0.0940. The maximum absolute atomic E-state index is 13.1. The zero-order chi connectivity index (χ0) is 20.2. The van der Waals surface area contributed by atoms with Gasteiger partial charge >= 0.3 is 0 Å². The Kier molecular flexibility index (Phi) is 5.17. The molecule has 5 nitrogen and oxygen atoms in total. The summed E-state index contributed by atoms with van der Waals surface area (Å²) in [6.45, 7) is 2.98. The molecule has 0 saturated carbocycles. The molecule has 1 aliphatic heterocycles. The molecule has 1 aliphatic rings. The third kappa shape index (κ3) is 3.78. The monoisotopic (exact) mass is 384 g/mol. The summed E-state index contributed by atoms with van der Waals surface area (Å²) in [5.74, 6) is 1.21. The van der Waals surface area contributed by atoms with Crippen molar-refractivity contribution >= 4 is 5.91 Å². The van der Waals surface area contributed by atoms with Crippen LogP contribution < -0.4 is 14.8 Å². The number of nitriles is 1. The van der Waals surface area contributed by atoms with Crippen molar-refractivity contribution in [3.05, 3.63) is 83.4 Å². The summed E-state index contributed by atoms with van der Waals surface area (Å²) in [7, 11) is 0. The Morgan fingerprint density at radius 1 is 0.966 bits per heavy atom. The van der Waals surface area contributed by atoms with Gasteiger partial charge in [0.1, 0.15) is 13.2 Å². The van der Waals surface area contributed by atoms with Crippen LogP contribution in [0.15, 0.2) is 66.7 Å². The van der Waals surface area contributed by atoms with Crippen LogP contribution in [0.2, 0.25) is 0 Å². The van der Waals surface area contributed by atoms with Crippen LogP contribution in [0, 0.1) is 11.3 Å². The molecule has 1 unspecified atom stereocenters. The first kappa shape index (κ1) is 18.6. The highest BCUT2D eigenvalue weighted by Crippen LogP contribution is 2.33. The van der Waals surface area contributed by atoms with E-state index in [0.717, 1.165) is 22.4 Å². The predicted octanol–water partition coefficient (Wildman–Crippen LogP) is 4.49. The van der Waals surface area contributed by atoms with Crippen molar-refractivity contribution in [1.29, 1.82) is 5.26 Å². The fourth-order valence-corrected chi connectivity index (χ4v) is 3.42. The summed E-state index contributed by atoms with van der Waals surface area (Å²) in [5.41, 5.74) is 3.47. The van der Waals surface area contributed by atoms with Gasteiger partial charge in [0.25, 0.3) is 5.91 Å². The molecule has 5 heteroatoms. The first-order valence-corrected chi connectivity index (χ1v) is 9.46. The van der Waals surface area contributed by atoms with Crippen molar-refractivity contribution in [3.8, 4) is 28.7 Å². The van der Waals surface area contributed by atoms with Crippen molar-refractivity contribution in [1.82, 2.24) is 5.32 Å². The Morgan fingerprint density at radius 3 is 2.45 bits per heavy atom. The van der Waals surface area contributed by atoms with E-state index in [2.05, 4.69) is 11.4 Å². The summed E-state index contributed by atoms with van der Waals surface area (Å²) in [4.78, 5) is 13.1. The Balaban J connectivity index is 1.60. The lowest BCUT2D eigenvalue weighted by atomic mass is 9.95. The molecule has 0 bridgehead atoms. The highest BCUT2D eigenvalue weighted by atomic mass is 16.6. The average molecular weight is 384 g/mol. The fourth-order valence-electron chi connectivity index (χ4n) is 3.42. The van der Waals surface area contributed by atoms with Gasteiger partial charge in [0.15, 0.2) is 11.5 Å². The molecule has 3 aromatic rings. The number of hydrogen-bond donors (Lipinski definition) is 1. The summed E-state index contributed by atoms with van der Waals surface area (Å²) in [6.07, 6.45) is 0. The predicted molar refractivity (Wildman–Crippen MR) is 110 cm³/mol. The molecule has 1 atom stereocenters. The summed E-state index contributed by atoms with van der Waals surface area (Å²) >= 11 is 0. The number of carbonyl (C=O) groups excluding carboxylic acids is 1. The molecule has 3 aromatic carbocycles. The maximum atomic E-state index is 13.1. The topological polar surface area (TPSA) is 71.4 Å². The van der Waals surface area contributed by atoms with Crippen LogP contribution >= 0.6 is 0 Å². The Labute approximate surface area is 169 Å². The highest BCUT2D eigenvalue weighted by molar-refractivity contribution is 6.01. The van der Waals surface area contributed by atoms with Crippen LogP contribution in [0.1, 0.15) is 34.5 Å². The number of hydrogen-bond acceptors (Lipinski definition) is 4. The van der Waals surface area contributed by atoms with Gasteiger partial charge in [-0.05, 0) is 42.3 Å². The third-order valence-electron chi connectivity index (χ3n) is 4.92. The van der Waals surface area contributed by atoms with Gasteiger partial charge in [-0.1, -0.05) is 42.5 Å². The number of benzene rings is 3. The van der Waals surface area contributed by atoms with Crippen LogP contribution in [-0.2, 0) is 0 Å². The average Bonchev–Trinajstić information content (AvgIpc) is 2.78. The minimum Gasteiger partial charge on any atom is -0.486 e. The van der Waals surface area contributed by atoms with E-state index in [4.69, 9.17) is 9.47 Å². The minimum atomic E-state index is -0.224. The lowest BCUT2D eigenvalue weighted by Gasteiger charge is -2.21. The first-order chi connectivity index (χ1) is 14.2. The van der Waals surface area contributed by atoms with Crippen molar-refractivity contribution in [2.45, 2.75) is 13.0 Å². The van der Waals surface area contributed by atoms with Gasteiger partial charge in [-0.15, -0.1) is 0 Å². The van der Waals surface area contributed by atoms with E-state index in [1.807, 2.05) is 61.5 Å². The van der Waals surface area contributed by atoms with Gasteiger partial charge in [0.05, 0.1) is 17.7 Å². The Morgan fingerprint density at radius 2 is 1.66 bits per heavy atom. The quantitative estimate of drug-likeness (QED) is 0.720. The fraction of sp³-hybridized carbons (Fsp3) is 0.167. The molecule has 0 radical (unpaired) electrons. The SMILES string of the molecule is CC(NC(=O)c1ccccc1-c1ccccc1C#N)c1ccc2c(c1)OCCO2. The van der Waals surface area contributed by atoms with E-state index in [1.54, 1.807) is 12.1 Å². The number of amides is 1. The zero-order valence-electron chi connectivity index (χ0n) is 16.0. The molecule has 1 N–H and O–H groups in total. The number of nitrogens with zero attached hydrogens (tertiary/aromatic N) is 1. The molecule has 0 saturated heterocycles. The normalized spacial score (nSPS) is 13.2. The third-order valence-corrected chi connectivity index (χ3v) is 4.92. The van der Waals surface area contributed by atoms with Crippen molar-refractivity contribution < 1.29 is 14.3 Å². The Hall–Kier alpha value is -3.78. The van der Waals surface area contributed by atoms with E-state index in [-0.39, 0.29) is 11.9 Å². The molecule has 0 spiro atoms. The lowest BCUT2D eigenvalue weighted by Crippen LogP contribution is -2.27. The van der Waals surface area contributed by atoms with E-state index < -0.39 is 0 Å². The number of carbonyl (C=O) groups is 1. The van der Waals surface area contributed by atoms with Crippen molar-refractivity contribution in [2.24, 2.45) is 0 Å². The molecule has 4 rings (SSSR count). The van der Waals surface area contributed by atoms with E-state index >= 15 is 0 Å². The van der Waals surface area contributed by atoms with E-state index in [9.17, 15) is 10.1 Å². The van der Waals surface area contributed by atoms with Gasteiger partial charge in [-0.3, -0.25) is 4.79 Å². The van der Waals surface area contributed by atoms with Gasteiger partial charge in [0, 0.05) is 11.1 Å². The summed E-state index contributed by atoms with van der Waals surface area (Å²) in [5, 5.41) is 12.5. The highest BCUT2D eigenvalue weighted by Gasteiger charge is 2.19.